The van der Waals surface area contributed by atoms with Crippen molar-refractivity contribution in [1.29, 1.82) is 0 Å². The molecule has 0 spiro atoms. The number of imidazole rings is 1. The van der Waals surface area contributed by atoms with E-state index in [1.54, 1.807) is 17.4 Å². The van der Waals surface area contributed by atoms with E-state index >= 15 is 4.39 Å². The normalized spacial score (nSPS) is 21.6. The van der Waals surface area contributed by atoms with Crippen LogP contribution < -0.4 is 10.6 Å². The van der Waals surface area contributed by atoms with E-state index in [2.05, 4.69) is 10.6 Å². The lowest BCUT2D eigenvalue weighted by Gasteiger charge is -2.40. The zero-order chi connectivity index (χ0) is 38.4. The summed E-state index contributed by atoms with van der Waals surface area (Å²) in [5, 5.41) is 16.2. The van der Waals surface area contributed by atoms with Gasteiger partial charge in [0.25, 0.3) is 5.91 Å². The number of hydrogen-bond acceptors (Lipinski definition) is 10. The van der Waals surface area contributed by atoms with Crippen LogP contribution in [0.15, 0.2) is 54.7 Å². The Kier molecular flexibility index (Phi) is 13.0. The largest absolute Gasteiger partial charge is 0.444 e. The lowest BCUT2D eigenvalue weighted by molar-refractivity contribution is -0.146. The van der Waals surface area contributed by atoms with Crippen molar-refractivity contribution in [2.75, 3.05) is 52.2 Å². The SMILES string of the molecule is CSC1CC(=O)N(CCNC(=O)O[C@@H]2CNC[C@H]2CN(C(=O)[C@H](C)O)[C@@H](c2nc(-c3cc(F)ccc3F)cn2Cc2ccccc2)C2CCOCC2)C1=O. The number of benzene rings is 2. The molecule has 1 unspecified atom stereocenters. The molecule has 6 rings (SSSR count). The Morgan fingerprint density at radius 1 is 1.15 bits per heavy atom. The van der Waals surface area contributed by atoms with E-state index in [0.29, 0.717) is 51.5 Å². The highest BCUT2D eigenvalue weighted by molar-refractivity contribution is 8.00. The third-order valence-corrected chi connectivity index (χ3v) is 11.2. The molecule has 1 aromatic heterocycles. The second kappa shape index (κ2) is 17.8. The highest BCUT2D eigenvalue weighted by Crippen LogP contribution is 2.38. The molecule has 16 heteroatoms. The van der Waals surface area contributed by atoms with E-state index in [-0.39, 0.29) is 55.0 Å². The summed E-state index contributed by atoms with van der Waals surface area (Å²) in [4.78, 5) is 59.5. The maximum Gasteiger partial charge on any atom is 0.407 e. The second-order valence-corrected chi connectivity index (χ2v) is 14.9. The molecule has 4 heterocycles. The molecular formula is C38H46F2N6O7S. The standard InChI is InChI=1S/C38H46F2N6O7S/c1-23(47)36(49)46(21-26-18-41-19-31(26)53-38(51)42-12-13-45-33(48)17-32(54-2)37(45)50)34(25-10-14-52-15-11-25)35-43-30(28-16-27(39)8-9-29(28)40)22-44(35)20-24-6-4-3-5-7-24/h3-9,16,22-23,25-26,31-32,34,41,47H,10-15,17-21H2,1-2H3,(H,42,51)/t23-,26-,31+,32?,34+/m0/s1. The molecule has 3 fully saturated rings. The van der Waals surface area contributed by atoms with Crippen molar-refractivity contribution in [2.45, 2.75) is 56.2 Å². The number of aliphatic hydroxyl groups is 1. The van der Waals surface area contributed by atoms with Gasteiger partial charge in [-0.2, -0.15) is 11.8 Å². The number of nitrogens with zero attached hydrogens (tertiary/aromatic N) is 4. The number of halogens is 2. The first kappa shape index (κ1) is 39.3. The van der Waals surface area contributed by atoms with Crippen molar-refractivity contribution >= 4 is 35.6 Å². The average Bonchev–Trinajstić information content (AvgIpc) is 3.86. The van der Waals surface area contributed by atoms with Gasteiger partial charge in [-0.25, -0.2) is 18.6 Å². The molecule has 54 heavy (non-hydrogen) atoms. The van der Waals surface area contributed by atoms with E-state index in [4.69, 9.17) is 14.5 Å². The zero-order valence-corrected chi connectivity index (χ0v) is 31.1. The number of aliphatic hydroxyl groups excluding tert-OH is 1. The first-order chi connectivity index (χ1) is 26.0. The smallest absolute Gasteiger partial charge is 0.407 e. The van der Waals surface area contributed by atoms with E-state index in [1.165, 1.54) is 18.7 Å². The fourth-order valence-electron chi connectivity index (χ4n) is 7.42. The lowest BCUT2D eigenvalue weighted by Crippen LogP contribution is -2.49. The number of thioether (sulfide) groups is 1. The minimum atomic E-state index is -1.39. The molecule has 0 radical (unpaired) electrons. The van der Waals surface area contributed by atoms with Crippen LogP contribution in [0, 0.1) is 23.5 Å². The molecular weight excluding hydrogens is 723 g/mol. The maximum absolute atomic E-state index is 15.2. The predicted octanol–water partition coefficient (Wildman–Crippen LogP) is 3.36. The topological polar surface area (TPSA) is 155 Å². The van der Waals surface area contributed by atoms with Gasteiger partial charge in [0.05, 0.1) is 17.0 Å². The maximum atomic E-state index is 15.2. The Morgan fingerprint density at radius 3 is 2.61 bits per heavy atom. The Balaban J connectivity index is 1.28. The monoisotopic (exact) mass is 768 g/mol. The van der Waals surface area contributed by atoms with Crippen LogP contribution in [0.3, 0.4) is 0 Å². The van der Waals surface area contributed by atoms with Crippen LogP contribution in [0.5, 0.6) is 0 Å². The molecule has 3 aromatic rings. The van der Waals surface area contributed by atoms with Crippen LogP contribution in [0.25, 0.3) is 11.3 Å². The number of nitrogens with one attached hydrogen (secondary N) is 2. The molecule has 290 valence electrons. The van der Waals surface area contributed by atoms with E-state index in [1.807, 2.05) is 34.9 Å². The van der Waals surface area contributed by atoms with Gasteiger partial charge < -0.3 is 34.7 Å². The number of carbonyl (C=O) groups excluding carboxylic acids is 4. The number of likely N-dealkylation sites (tertiary alicyclic amines) is 1. The Labute approximate surface area is 316 Å². The summed E-state index contributed by atoms with van der Waals surface area (Å²) in [6, 6.07) is 12.0. The van der Waals surface area contributed by atoms with Gasteiger partial charge in [0, 0.05) is 76.6 Å². The molecule has 13 nitrogen and oxygen atoms in total. The third kappa shape index (κ3) is 9.10. The summed E-state index contributed by atoms with van der Waals surface area (Å²) in [6.07, 6.45) is 1.92. The molecule has 3 aliphatic heterocycles. The zero-order valence-electron chi connectivity index (χ0n) is 30.3. The van der Waals surface area contributed by atoms with Crippen LogP contribution in [0.4, 0.5) is 13.6 Å². The summed E-state index contributed by atoms with van der Waals surface area (Å²) in [6.45, 7) is 3.40. The van der Waals surface area contributed by atoms with Crippen molar-refractivity contribution < 1.29 is 42.5 Å². The number of alkyl carbamates (subject to hydrolysis) is 1. The predicted molar refractivity (Wildman–Crippen MR) is 196 cm³/mol. The lowest BCUT2D eigenvalue weighted by atomic mass is 9.88. The summed E-state index contributed by atoms with van der Waals surface area (Å²) in [7, 11) is 0. The quantitative estimate of drug-likeness (QED) is 0.208. The molecule has 2 aromatic carbocycles. The fraction of sp³-hybridized carbons (Fsp3) is 0.500. The Hall–Kier alpha value is -4.38. The summed E-state index contributed by atoms with van der Waals surface area (Å²) < 4.78 is 43.0. The first-order valence-electron chi connectivity index (χ1n) is 18.2. The van der Waals surface area contributed by atoms with E-state index in [9.17, 15) is 28.7 Å². The minimum absolute atomic E-state index is 0.0129. The van der Waals surface area contributed by atoms with Crippen molar-refractivity contribution in [3.8, 4) is 11.3 Å². The molecule has 0 bridgehead atoms. The highest BCUT2D eigenvalue weighted by Gasteiger charge is 2.42. The van der Waals surface area contributed by atoms with Crippen molar-refractivity contribution in [3.63, 3.8) is 0 Å². The average molecular weight is 769 g/mol. The van der Waals surface area contributed by atoms with Gasteiger partial charge in [-0.15, -0.1) is 0 Å². The van der Waals surface area contributed by atoms with Gasteiger partial charge in [-0.1, -0.05) is 30.3 Å². The van der Waals surface area contributed by atoms with Crippen LogP contribution >= 0.6 is 11.8 Å². The fourth-order valence-corrected chi connectivity index (χ4v) is 8.05. The van der Waals surface area contributed by atoms with Crippen LogP contribution in [-0.4, -0.2) is 118 Å². The van der Waals surface area contributed by atoms with Crippen molar-refractivity contribution in [2.24, 2.45) is 11.8 Å². The molecule has 5 atom stereocenters. The second-order valence-electron chi connectivity index (χ2n) is 13.9. The van der Waals surface area contributed by atoms with E-state index in [0.717, 1.165) is 28.7 Å². The van der Waals surface area contributed by atoms with Gasteiger partial charge in [0.2, 0.25) is 11.8 Å². The van der Waals surface area contributed by atoms with Gasteiger partial charge in [-0.05, 0) is 55.7 Å². The number of amides is 4. The van der Waals surface area contributed by atoms with E-state index < -0.39 is 53.1 Å². The van der Waals surface area contributed by atoms with Gasteiger partial charge in [0.15, 0.2) is 0 Å². The van der Waals surface area contributed by atoms with Gasteiger partial charge in [-0.3, -0.25) is 19.3 Å². The van der Waals surface area contributed by atoms with Gasteiger partial charge in [0.1, 0.15) is 29.7 Å². The Bertz CT molecular complexity index is 1810. The number of carbonyl (C=O) groups is 4. The number of rotatable bonds is 14. The molecule has 3 N–H and O–H groups in total. The van der Waals surface area contributed by atoms with Crippen LogP contribution in [0.2, 0.25) is 0 Å². The molecule has 3 saturated heterocycles. The number of aromatic nitrogens is 2. The number of ether oxygens (including phenoxy) is 2. The van der Waals surface area contributed by atoms with Crippen molar-refractivity contribution in [3.05, 3.63) is 77.8 Å². The van der Waals surface area contributed by atoms with Crippen molar-refractivity contribution in [1.82, 2.24) is 30.0 Å². The molecule has 3 aliphatic rings. The first-order valence-corrected chi connectivity index (χ1v) is 19.5. The highest BCUT2D eigenvalue weighted by atomic mass is 32.2. The molecule has 0 aliphatic carbocycles. The Morgan fingerprint density at radius 2 is 1.91 bits per heavy atom. The number of imide groups is 1. The van der Waals surface area contributed by atoms with Crippen LogP contribution in [0.1, 0.15) is 43.6 Å². The summed E-state index contributed by atoms with van der Waals surface area (Å²) in [5.74, 6) is -2.53. The molecule has 4 amide bonds. The molecule has 0 saturated carbocycles. The van der Waals surface area contributed by atoms with Crippen LogP contribution in [-0.2, 0) is 30.4 Å². The summed E-state index contributed by atoms with van der Waals surface area (Å²) in [5.41, 5.74) is 1.09. The number of hydrogen-bond donors (Lipinski definition) is 3. The third-order valence-electron chi connectivity index (χ3n) is 10.2. The summed E-state index contributed by atoms with van der Waals surface area (Å²) >= 11 is 1.31. The minimum Gasteiger partial charge on any atom is -0.444 e. The van der Waals surface area contributed by atoms with Gasteiger partial charge >= 0.3 is 6.09 Å².